The minimum absolute atomic E-state index is 0.145. The Morgan fingerprint density at radius 3 is 2.75 bits per heavy atom. The first-order chi connectivity index (χ1) is 7.43. The molecule has 0 spiro atoms. The zero-order chi connectivity index (χ0) is 12.2. The molecule has 0 radical (unpaired) electrons. The topological polar surface area (TPSA) is 41.6 Å². The van der Waals surface area contributed by atoms with E-state index in [9.17, 15) is 4.79 Å². The number of nitrogens with one attached hydrogen (secondary N) is 1. The number of hydrogen-bond donors (Lipinski definition) is 1. The van der Waals surface area contributed by atoms with E-state index in [1.54, 1.807) is 7.11 Å². The molecule has 1 saturated heterocycles. The molecule has 1 amide bonds. The zero-order valence-electron chi connectivity index (χ0n) is 10.9. The molecule has 4 heteroatoms. The van der Waals surface area contributed by atoms with Crippen LogP contribution in [0.3, 0.4) is 0 Å². The van der Waals surface area contributed by atoms with Crippen molar-refractivity contribution in [2.45, 2.75) is 33.2 Å². The normalized spacial score (nSPS) is 22.4. The molecule has 0 aromatic carbocycles. The van der Waals surface area contributed by atoms with Crippen molar-refractivity contribution in [3.05, 3.63) is 0 Å². The zero-order valence-corrected chi connectivity index (χ0v) is 10.9. The molecular weight excluding hydrogens is 204 g/mol. The summed E-state index contributed by atoms with van der Waals surface area (Å²) in [6.07, 6.45) is 1.05. The standard InChI is InChI=1S/C12H24N2O2/c1-12(2,3)11(15)13-10-5-6-14(9-10)7-8-16-4/h10H,5-9H2,1-4H3,(H,13,15). The summed E-state index contributed by atoms with van der Waals surface area (Å²) < 4.78 is 5.05. The molecule has 1 N–H and O–H groups in total. The van der Waals surface area contributed by atoms with Crippen LogP contribution in [0.4, 0.5) is 0 Å². The average molecular weight is 228 g/mol. The van der Waals surface area contributed by atoms with Gasteiger partial charge in [-0.15, -0.1) is 0 Å². The lowest BCUT2D eigenvalue weighted by atomic mass is 9.95. The van der Waals surface area contributed by atoms with Crippen LogP contribution in [-0.2, 0) is 9.53 Å². The maximum absolute atomic E-state index is 11.8. The van der Waals surface area contributed by atoms with Gasteiger partial charge in [-0.25, -0.2) is 0 Å². The molecule has 0 saturated carbocycles. The van der Waals surface area contributed by atoms with Gasteiger partial charge < -0.3 is 10.1 Å². The lowest BCUT2D eigenvalue weighted by Crippen LogP contribution is -2.43. The van der Waals surface area contributed by atoms with E-state index in [0.717, 1.165) is 32.7 Å². The number of hydrogen-bond acceptors (Lipinski definition) is 3. The van der Waals surface area contributed by atoms with Gasteiger partial charge in [0, 0.05) is 38.2 Å². The van der Waals surface area contributed by atoms with Crippen molar-refractivity contribution in [3.63, 3.8) is 0 Å². The number of likely N-dealkylation sites (tertiary alicyclic amines) is 1. The molecule has 0 bridgehead atoms. The van der Waals surface area contributed by atoms with Gasteiger partial charge in [-0.2, -0.15) is 0 Å². The van der Waals surface area contributed by atoms with Crippen LogP contribution in [0.2, 0.25) is 0 Å². The highest BCUT2D eigenvalue weighted by atomic mass is 16.5. The van der Waals surface area contributed by atoms with Gasteiger partial charge in [0.15, 0.2) is 0 Å². The minimum atomic E-state index is -0.292. The Labute approximate surface area is 98.3 Å². The lowest BCUT2D eigenvalue weighted by Gasteiger charge is -2.22. The Morgan fingerprint density at radius 2 is 2.19 bits per heavy atom. The first-order valence-corrected chi connectivity index (χ1v) is 5.95. The van der Waals surface area contributed by atoms with Gasteiger partial charge >= 0.3 is 0 Å². The summed E-state index contributed by atoms with van der Waals surface area (Å²) in [4.78, 5) is 14.1. The van der Waals surface area contributed by atoms with Gasteiger partial charge in [-0.3, -0.25) is 9.69 Å². The molecule has 0 aliphatic carbocycles. The van der Waals surface area contributed by atoms with Gasteiger partial charge in [0.05, 0.1) is 6.61 Å². The predicted octanol–water partition coefficient (Wildman–Crippen LogP) is 0.869. The first-order valence-electron chi connectivity index (χ1n) is 5.95. The Bertz CT molecular complexity index is 236. The summed E-state index contributed by atoms with van der Waals surface area (Å²) in [7, 11) is 1.72. The third-order valence-corrected chi connectivity index (χ3v) is 2.90. The summed E-state index contributed by atoms with van der Waals surface area (Å²) in [5.74, 6) is 0.145. The van der Waals surface area contributed by atoms with Gasteiger partial charge in [0.25, 0.3) is 0 Å². The van der Waals surface area contributed by atoms with Gasteiger partial charge in [0.2, 0.25) is 5.91 Å². The van der Waals surface area contributed by atoms with E-state index >= 15 is 0 Å². The molecule has 94 valence electrons. The van der Waals surface area contributed by atoms with E-state index < -0.39 is 0 Å². The van der Waals surface area contributed by atoms with E-state index in [4.69, 9.17) is 4.74 Å². The van der Waals surface area contributed by atoms with E-state index in [-0.39, 0.29) is 11.3 Å². The Kier molecular flexibility index (Phi) is 4.74. The van der Waals surface area contributed by atoms with E-state index in [1.807, 2.05) is 20.8 Å². The number of ether oxygens (including phenoxy) is 1. The van der Waals surface area contributed by atoms with Crippen molar-refractivity contribution in [1.29, 1.82) is 0 Å². The number of rotatable bonds is 4. The third-order valence-electron chi connectivity index (χ3n) is 2.90. The Morgan fingerprint density at radius 1 is 1.50 bits per heavy atom. The first kappa shape index (κ1) is 13.5. The van der Waals surface area contributed by atoms with Gasteiger partial charge in [-0.05, 0) is 6.42 Å². The van der Waals surface area contributed by atoms with Crippen LogP contribution in [0.5, 0.6) is 0 Å². The Hall–Kier alpha value is -0.610. The quantitative estimate of drug-likeness (QED) is 0.776. The highest BCUT2D eigenvalue weighted by Gasteiger charge is 2.28. The number of carbonyl (C=O) groups excluding carboxylic acids is 1. The maximum Gasteiger partial charge on any atom is 0.225 e. The van der Waals surface area contributed by atoms with Crippen molar-refractivity contribution < 1.29 is 9.53 Å². The van der Waals surface area contributed by atoms with Crippen LogP contribution in [0.25, 0.3) is 0 Å². The minimum Gasteiger partial charge on any atom is -0.383 e. The fourth-order valence-electron chi connectivity index (χ4n) is 1.78. The SMILES string of the molecule is COCCN1CCC(NC(=O)C(C)(C)C)C1. The molecule has 0 aromatic heterocycles. The summed E-state index contributed by atoms with van der Waals surface area (Å²) in [5.41, 5.74) is -0.292. The molecule has 1 aliphatic rings. The largest absolute Gasteiger partial charge is 0.383 e. The van der Waals surface area contributed by atoms with Crippen LogP contribution >= 0.6 is 0 Å². The summed E-state index contributed by atoms with van der Waals surface area (Å²) >= 11 is 0. The van der Waals surface area contributed by atoms with E-state index in [2.05, 4.69) is 10.2 Å². The number of carbonyl (C=O) groups is 1. The Balaban J connectivity index is 2.29. The second-order valence-corrected chi connectivity index (χ2v) is 5.50. The van der Waals surface area contributed by atoms with E-state index in [0.29, 0.717) is 6.04 Å². The molecular formula is C12H24N2O2. The highest BCUT2D eigenvalue weighted by Crippen LogP contribution is 2.15. The molecule has 1 fully saturated rings. The molecule has 16 heavy (non-hydrogen) atoms. The van der Waals surface area contributed by atoms with Crippen molar-refractivity contribution in [2.75, 3.05) is 33.4 Å². The number of amides is 1. The average Bonchev–Trinajstić information content (AvgIpc) is 2.61. The molecule has 1 unspecified atom stereocenters. The van der Waals surface area contributed by atoms with Gasteiger partial charge in [-0.1, -0.05) is 20.8 Å². The highest BCUT2D eigenvalue weighted by molar-refractivity contribution is 5.81. The lowest BCUT2D eigenvalue weighted by molar-refractivity contribution is -0.129. The fraction of sp³-hybridized carbons (Fsp3) is 0.917. The van der Waals surface area contributed by atoms with Crippen LogP contribution in [0.1, 0.15) is 27.2 Å². The number of methoxy groups -OCH3 is 1. The van der Waals surface area contributed by atoms with Crippen LogP contribution in [0, 0.1) is 5.41 Å². The maximum atomic E-state index is 11.8. The van der Waals surface area contributed by atoms with Crippen molar-refractivity contribution >= 4 is 5.91 Å². The fourth-order valence-corrected chi connectivity index (χ4v) is 1.78. The smallest absolute Gasteiger partial charge is 0.225 e. The summed E-state index contributed by atoms with van der Waals surface area (Å²) in [5, 5.41) is 3.10. The van der Waals surface area contributed by atoms with Crippen molar-refractivity contribution in [3.8, 4) is 0 Å². The molecule has 1 aliphatic heterocycles. The summed E-state index contributed by atoms with van der Waals surface area (Å²) in [6.45, 7) is 9.56. The van der Waals surface area contributed by atoms with Crippen LogP contribution in [-0.4, -0.2) is 50.2 Å². The third kappa shape index (κ3) is 4.10. The molecule has 1 heterocycles. The molecule has 1 atom stereocenters. The predicted molar refractivity (Wildman–Crippen MR) is 64.3 cm³/mol. The number of nitrogens with zero attached hydrogens (tertiary/aromatic N) is 1. The molecule has 4 nitrogen and oxygen atoms in total. The van der Waals surface area contributed by atoms with Crippen LogP contribution < -0.4 is 5.32 Å². The van der Waals surface area contributed by atoms with Gasteiger partial charge in [0.1, 0.15) is 0 Å². The second kappa shape index (κ2) is 5.64. The molecule has 0 aromatic rings. The van der Waals surface area contributed by atoms with E-state index in [1.165, 1.54) is 0 Å². The van der Waals surface area contributed by atoms with Crippen molar-refractivity contribution in [1.82, 2.24) is 10.2 Å². The monoisotopic (exact) mass is 228 g/mol. The summed E-state index contributed by atoms with van der Waals surface area (Å²) in [6, 6.07) is 0.309. The second-order valence-electron chi connectivity index (χ2n) is 5.50. The van der Waals surface area contributed by atoms with Crippen molar-refractivity contribution in [2.24, 2.45) is 5.41 Å². The van der Waals surface area contributed by atoms with Crippen LogP contribution in [0.15, 0.2) is 0 Å². The molecule has 1 rings (SSSR count).